The molecule has 1 aromatic rings. The highest BCUT2D eigenvalue weighted by molar-refractivity contribution is 5.93. The van der Waals surface area contributed by atoms with Crippen molar-refractivity contribution in [3.8, 4) is 0 Å². The van der Waals surface area contributed by atoms with Crippen LogP contribution in [0.3, 0.4) is 0 Å². The van der Waals surface area contributed by atoms with E-state index >= 15 is 0 Å². The maximum absolute atomic E-state index is 13.0. The number of alkyl halides is 3. The number of anilines is 1. The number of benzene rings is 1. The van der Waals surface area contributed by atoms with Gasteiger partial charge in [-0.3, -0.25) is 4.79 Å². The summed E-state index contributed by atoms with van der Waals surface area (Å²) >= 11 is 0. The van der Waals surface area contributed by atoms with Crippen LogP contribution >= 0.6 is 0 Å². The summed E-state index contributed by atoms with van der Waals surface area (Å²) in [6.07, 6.45) is -2.23. The molecular weight excluding hydrogens is 311 g/mol. The van der Waals surface area contributed by atoms with Crippen LogP contribution in [0.15, 0.2) is 24.3 Å². The van der Waals surface area contributed by atoms with Crippen LogP contribution < -0.4 is 5.32 Å². The number of halogens is 3. The minimum Gasteiger partial charge on any atom is -0.348 e. The Morgan fingerprint density at radius 3 is 2.35 bits per heavy atom. The minimum absolute atomic E-state index is 0.196. The average molecular weight is 329 g/mol. The van der Waals surface area contributed by atoms with E-state index in [2.05, 4.69) is 5.32 Å². The zero-order valence-electron chi connectivity index (χ0n) is 12.5. The van der Waals surface area contributed by atoms with E-state index in [0.29, 0.717) is 38.9 Å². The lowest BCUT2D eigenvalue weighted by molar-refractivity contribution is -0.182. The lowest BCUT2D eigenvalue weighted by atomic mass is 9.84. The molecule has 1 amide bonds. The van der Waals surface area contributed by atoms with E-state index in [4.69, 9.17) is 9.47 Å². The van der Waals surface area contributed by atoms with Crippen molar-refractivity contribution in [2.45, 2.75) is 37.6 Å². The number of carbonyl (C=O) groups is 1. The molecule has 7 heteroatoms. The van der Waals surface area contributed by atoms with E-state index in [1.807, 2.05) is 0 Å². The van der Waals surface area contributed by atoms with Gasteiger partial charge in [0, 0.05) is 18.8 Å². The fraction of sp³-hybridized carbons (Fsp3) is 0.562. The SMILES string of the molecule is O=C(Nc1ccccc1C(F)(F)F)C1CCC2(CC1)OCCO2. The molecule has 1 heterocycles. The van der Waals surface area contributed by atoms with Crippen molar-refractivity contribution in [1.29, 1.82) is 0 Å². The third kappa shape index (κ3) is 3.50. The third-order valence-corrected chi connectivity index (χ3v) is 4.42. The highest BCUT2D eigenvalue weighted by Gasteiger charge is 2.42. The normalized spacial score (nSPS) is 21.5. The summed E-state index contributed by atoms with van der Waals surface area (Å²) in [7, 11) is 0. The first-order valence-electron chi connectivity index (χ1n) is 7.65. The van der Waals surface area contributed by atoms with Crippen LogP contribution in [0, 0.1) is 5.92 Å². The predicted molar refractivity (Wildman–Crippen MR) is 76.7 cm³/mol. The zero-order chi connectivity index (χ0) is 16.5. The van der Waals surface area contributed by atoms with Crippen molar-refractivity contribution in [2.24, 2.45) is 5.92 Å². The molecule has 0 aromatic heterocycles. The molecule has 2 fully saturated rings. The molecule has 1 saturated carbocycles. The van der Waals surface area contributed by atoms with Gasteiger partial charge in [0.15, 0.2) is 5.79 Å². The quantitative estimate of drug-likeness (QED) is 0.902. The molecule has 0 atom stereocenters. The first-order chi connectivity index (χ1) is 10.9. The van der Waals surface area contributed by atoms with Crippen LogP contribution in [-0.4, -0.2) is 24.9 Å². The maximum Gasteiger partial charge on any atom is 0.418 e. The smallest absolute Gasteiger partial charge is 0.348 e. The van der Waals surface area contributed by atoms with Crippen molar-refractivity contribution in [3.05, 3.63) is 29.8 Å². The van der Waals surface area contributed by atoms with Gasteiger partial charge in [-0.15, -0.1) is 0 Å². The first kappa shape index (κ1) is 16.3. The summed E-state index contributed by atoms with van der Waals surface area (Å²) in [6.45, 7) is 1.10. The fourth-order valence-corrected chi connectivity index (χ4v) is 3.18. The van der Waals surface area contributed by atoms with Gasteiger partial charge in [0.2, 0.25) is 5.91 Å². The van der Waals surface area contributed by atoms with Crippen LogP contribution in [0.2, 0.25) is 0 Å². The lowest BCUT2D eigenvalue weighted by Crippen LogP contribution is -2.38. The Bertz CT molecular complexity index is 572. The summed E-state index contributed by atoms with van der Waals surface area (Å²) in [5, 5.41) is 2.43. The summed E-state index contributed by atoms with van der Waals surface area (Å²) in [4.78, 5) is 12.3. The van der Waals surface area contributed by atoms with Gasteiger partial charge < -0.3 is 14.8 Å². The Balaban J connectivity index is 1.64. The first-order valence-corrected chi connectivity index (χ1v) is 7.65. The van der Waals surface area contributed by atoms with Crippen LogP contribution in [0.4, 0.5) is 18.9 Å². The van der Waals surface area contributed by atoms with E-state index in [1.54, 1.807) is 0 Å². The van der Waals surface area contributed by atoms with Gasteiger partial charge in [-0.2, -0.15) is 13.2 Å². The maximum atomic E-state index is 13.0. The molecule has 1 aliphatic heterocycles. The molecule has 1 spiro atoms. The van der Waals surface area contributed by atoms with E-state index in [0.717, 1.165) is 6.07 Å². The topological polar surface area (TPSA) is 47.6 Å². The van der Waals surface area contributed by atoms with Gasteiger partial charge in [-0.25, -0.2) is 0 Å². The molecule has 0 bridgehead atoms. The zero-order valence-corrected chi connectivity index (χ0v) is 12.5. The fourth-order valence-electron chi connectivity index (χ4n) is 3.18. The number of ether oxygens (including phenoxy) is 2. The summed E-state index contributed by atoms with van der Waals surface area (Å²) in [5.74, 6) is -1.29. The van der Waals surface area contributed by atoms with E-state index in [9.17, 15) is 18.0 Å². The molecule has 4 nitrogen and oxygen atoms in total. The van der Waals surface area contributed by atoms with Crippen molar-refractivity contribution >= 4 is 11.6 Å². The Morgan fingerprint density at radius 1 is 1.13 bits per heavy atom. The number of carbonyl (C=O) groups excluding carboxylic acids is 1. The lowest BCUT2D eigenvalue weighted by Gasteiger charge is -2.34. The van der Waals surface area contributed by atoms with Crippen LogP contribution in [0.1, 0.15) is 31.2 Å². The number of hydrogen-bond donors (Lipinski definition) is 1. The van der Waals surface area contributed by atoms with Gasteiger partial charge in [0.05, 0.1) is 24.5 Å². The van der Waals surface area contributed by atoms with Crippen LogP contribution in [0.25, 0.3) is 0 Å². The second-order valence-corrected chi connectivity index (χ2v) is 5.91. The highest BCUT2D eigenvalue weighted by Crippen LogP contribution is 2.39. The molecule has 1 aliphatic carbocycles. The molecular formula is C16H18F3NO3. The predicted octanol–water partition coefficient (Wildman–Crippen LogP) is 3.58. The third-order valence-electron chi connectivity index (χ3n) is 4.42. The second kappa shape index (κ2) is 6.13. The van der Waals surface area contributed by atoms with Gasteiger partial charge in [0.25, 0.3) is 0 Å². The van der Waals surface area contributed by atoms with Gasteiger partial charge in [-0.05, 0) is 25.0 Å². The second-order valence-electron chi connectivity index (χ2n) is 5.91. The molecule has 0 unspecified atom stereocenters. The molecule has 3 rings (SSSR count). The highest BCUT2D eigenvalue weighted by atomic mass is 19.4. The van der Waals surface area contributed by atoms with Gasteiger partial charge >= 0.3 is 6.18 Å². The monoisotopic (exact) mass is 329 g/mol. The van der Waals surface area contributed by atoms with E-state index in [1.165, 1.54) is 18.2 Å². The Morgan fingerprint density at radius 2 is 1.74 bits per heavy atom. The summed E-state index contributed by atoms with van der Waals surface area (Å²) in [6, 6.07) is 5.01. The van der Waals surface area contributed by atoms with Crippen molar-refractivity contribution in [1.82, 2.24) is 0 Å². The van der Waals surface area contributed by atoms with Crippen molar-refractivity contribution in [3.63, 3.8) is 0 Å². The molecule has 126 valence electrons. The Kier molecular flexibility index (Phi) is 4.33. The Hall–Kier alpha value is -1.60. The molecule has 0 radical (unpaired) electrons. The summed E-state index contributed by atoms with van der Waals surface area (Å²) < 4.78 is 50.0. The van der Waals surface area contributed by atoms with Crippen molar-refractivity contribution < 1.29 is 27.4 Å². The van der Waals surface area contributed by atoms with E-state index < -0.39 is 17.5 Å². The van der Waals surface area contributed by atoms with Crippen molar-refractivity contribution in [2.75, 3.05) is 18.5 Å². The number of rotatable bonds is 2. The minimum atomic E-state index is -4.49. The van der Waals surface area contributed by atoms with Crippen LogP contribution in [0.5, 0.6) is 0 Å². The number of nitrogens with one attached hydrogen (secondary N) is 1. The average Bonchev–Trinajstić information content (AvgIpc) is 2.95. The number of hydrogen-bond acceptors (Lipinski definition) is 3. The van der Waals surface area contributed by atoms with Crippen LogP contribution in [-0.2, 0) is 20.4 Å². The van der Waals surface area contributed by atoms with Gasteiger partial charge in [0.1, 0.15) is 0 Å². The van der Waals surface area contributed by atoms with Gasteiger partial charge in [-0.1, -0.05) is 12.1 Å². The molecule has 1 aromatic carbocycles. The standard InChI is InChI=1S/C16H18F3NO3/c17-16(18,19)12-3-1-2-4-13(12)20-14(21)11-5-7-15(8-6-11)22-9-10-23-15/h1-4,11H,5-10H2,(H,20,21). The molecule has 23 heavy (non-hydrogen) atoms. The molecule has 1 saturated heterocycles. The largest absolute Gasteiger partial charge is 0.418 e. The number of amides is 1. The molecule has 2 aliphatic rings. The van der Waals surface area contributed by atoms with E-state index in [-0.39, 0.29) is 17.5 Å². The summed E-state index contributed by atoms with van der Waals surface area (Å²) in [5.41, 5.74) is -1.03. The molecule has 1 N–H and O–H groups in total. The Labute approximate surface area is 132 Å². The number of para-hydroxylation sites is 1.